The number of anilines is 1. The van der Waals surface area contributed by atoms with Crippen molar-refractivity contribution in [3.05, 3.63) is 29.3 Å². The highest BCUT2D eigenvalue weighted by molar-refractivity contribution is 5.99. The molecule has 1 amide bonds. The summed E-state index contributed by atoms with van der Waals surface area (Å²) in [5.74, 6) is -0.649. The van der Waals surface area contributed by atoms with E-state index >= 15 is 0 Å². The zero-order valence-corrected chi connectivity index (χ0v) is 11.6. The van der Waals surface area contributed by atoms with E-state index in [-0.39, 0.29) is 18.2 Å². The van der Waals surface area contributed by atoms with Crippen molar-refractivity contribution in [1.29, 1.82) is 0 Å². The van der Waals surface area contributed by atoms with E-state index in [9.17, 15) is 9.59 Å². The molecule has 0 atom stereocenters. The second-order valence-electron chi connectivity index (χ2n) is 5.42. The van der Waals surface area contributed by atoms with Crippen LogP contribution in [0.3, 0.4) is 0 Å². The first-order chi connectivity index (χ1) is 9.47. The first-order valence-corrected chi connectivity index (χ1v) is 6.84. The second-order valence-corrected chi connectivity index (χ2v) is 5.42. The van der Waals surface area contributed by atoms with Crippen molar-refractivity contribution in [3.63, 3.8) is 0 Å². The number of hydrogen-bond acceptors (Lipinski definition) is 3. The molecule has 2 rings (SSSR count). The van der Waals surface area contributed by atoms with Crippen LogP contribution in [-0.2, 0) is 4.79 Å². The Morgan fingerprint density at radius 1 is 1.35 bits per heavy atom. The summed E-state index contributed by atoms with van der Waals surface area (Å²) in [5.41, 5.74) is 7.91. The lowest BCUT2D eigenvalue weighted by atomic mass is 9.93. The number of benzene rings is 1. The summed E-state index contributed by atoms with van der Waals surface area (Å²) >= 11 is 0. The number of aryl methyl sites for hydroxylation is 1. The number of carbonyl (C=O) groups is 2. The van der Waals surface area contributed by atoms with Crippen LogP contribution in [0.2, 0.25) is 0 Å². The van der Waals surface area contributed by atoms with Gasteiger partial charge < -0.3 is 15.7 Å². The molecular weight excluding hydrogens is 256 g/mol. The van der Waals surface area contributed by atoms with Crippen LogP contribution < -0.4 is 5.73 Å². The van der Waals surface area contributed by atoms with Gasteiger partial charge in [0.05, 0.1) is 5.56 Å². The molecule has 0 bridgehead atoms. The Kier molecular flexibility index (Phi) is 4.27. The minimum Gasteiger partial charge on any atom is -0.481 e. The Morgan fingerprint density at radius 2 is 2.00 bits per heavy atom. The highest BCUT2D eigenvalue weighted by atomic mass is 16.4. The van der Waals surface area contributed by atoms with Crippen molar-refractivity contribution >= 4 is 17.6 Å². The topological polar surface area (TPSA) is 83.6 Å². The quantitative estimate of drug-likeness (QED) is 0.826. The van der Waals surface area contributed by atoms with Gasteiger partial charge in [0.15, 0.2) is 0 Å². The average molecular weight is 276 g/mol. The van der Waals surface area contributed by atoms with Crippen molar-refractivity contribution < 1.29 is 14.7 Å². The maximum absolute atomic E-state index is 12.4. The Balaban J connectivity index is 2.01. The highest BCUT2D eigenvalue weighted by Crippen LogP contribution is 2.23. The Bertz CT molecular complexity index is 520. The van der Waals surface area contributed by atoms with Gasteiger partial charge in [0.1, 0.15) is 0 Å². The number of hydrogen-bond donors (Lipinski definition) is 2. The van der Waals surface area contributed by atoms with Gasteiger partial charge in [-0.15, -0.1) is 0 Å². The zero-order chi connectivity index (χ0) is 14.7. The molecule has 1 aromatic carbocycles. The van der Waals surface area contributed by atoms with Gasteiger partial charge in [-0.05, 0) is 37.8 Å². The van der Waals surface area contributed by atoms with E-state index in [1.54, 1.807) is 17.0 Å². The molecule has 5 heteroatoms. The lowest BCUT2D eigenvalue weighted by Gasteiger charge is -2.31. The molecule has 3 N–H and O–H groups in total. The van der Waals surface area contributed by atoms with Crippen LogP contribution in [0.5, 0.6) is 0 Å². The molecule has 0 aromatic heterocycles. The fourth-order valence-corrected chi connectivity index (χ4v) is 2.61. The van der Waals surface area contributed by atoms with Crippen LogP contribution in [-0.4, -0.2) is 35.0 Å². The normalized spacial score (nSPS) is 16.1. The predicted molar refractivity (Wildman–Crippen MR) is 76.5 cm³/mol. The molecule has 0 saturated carbocycles. The van der Waals surface area contributed by atoms with E-state index in [0.29, 0.717) is 24.3 Å². The number of nitrogens with two attached hydrogens (primary N) is 1. The van der Waals surface area contributed by atoms with Gasteiger partial charge in [-0.2, -0.15) is 0 Å². The largest absolute Gasteiger partial charge is 0.481 e. The standard InChI is InChI=1S/C15H20N2O3/c1-10-2-3-13(16)12(8-10)15(20)17-6-4-11(5-7-17)9-14(18)19/h2-3,8,11H,4-7,9,16H2,1H3,(H,18,19). The SMILES string of the molecule is Cc1ccc(N)c(C(=O)N2CCC(CC(=O)O)CC2)c1. The van der Waals surface area contributed by atoms with Gasteiger partial charge in [-0.1, -0.05) is 11.6 Å². The zero-order valence-electron chi connectivity index (χ0n) is 11.6. The molecule has 1 heterocycles. The lowest BCUT2D eigenvalue weighted by Crippen LogP contribution is -2.39. The van der Waals surface area contributed by atoms with Crippen LogP contribution in [0, 0.1) is 12.8 Å². The number of nitrogen functional groups attached to an aromatic ring is 1. The third-order valence-electron chi connectivity index (χ3n) is 3.80. The molecule has 1 aromatic rings. The maximum Gasteiger partial charge on any atom is 0.303 e. The number of carbonyl (C=O) groups excluding carboxylic acids is 1. The number of carboxylic acid groups (broad SMARTS) is 1. The molecule has 0 unspecified atom stereocenters. The molecule has 5 nitrogen and oxygen atoms in total. The van der Waals surface area contributed by atoms with E-state index in [1.165, 1.54) is 0 Å². The summed E-state index contributed by atoms with van der Waals surface area (Å²) in [4.78, 5) is 24.9. The summed E-state index contributed by atoms with van der Waals surface area (Å²) < 4.78 is 0. The summed E-state index contributed by atoms with van der Waals surface area (Å²) in [5, 5.41) is 8.79. The van der Waals surface area contributed by atoms with Crippen LogP contribution in [0.1, 0.15) is 35.2 Å². The first-order valence-electron chi connectivity index (χ1n) is 6.84. The smallest absolute Gasteiger partial charge is 0.303 e. The summed E-state index contributed by atoms with van der Waals surface area (Å²) in [6, 6.07) is 5.44. The van der Waals surface area contributed by atoms with Crippen molar-refractivity contribution in [3.8, 4) is 0 Å². The number of piperidine rings is 1. The van der Waals surface area contributed by atoms with Gasteiger partial charge in [0.25, 0.3) is 5.91 Å². The maximum atomic E-state index is 12.4. The molecule has 108 valence electrons. The van der Waals surface area contributed by atoms with Gasteiger partial charge in [-0.3, -0.25) is 9.59 Å². The molecule has 1 fully saturated rings. The molecule has 1 aliphatic rings. The summed E-state index contributed by atoms with van der Waals surface area (Å²) in [6.07, 6.45) is 1.67. The number of carboxylic acids is 1. The van der Waals surface area contributed by atoms with Crippen LogP contribution in [0.25, 0.3) is 0 Å². The van der Waals surface area contributed by atoms with E-state index in [0.717, 1.165) is 18.4 Å². The predicted octanol–water partition coefficient (Wildman–Crippen LogP) is 1.90. The third-order valence-corrected chi connectivity index (χ3v) is 3.80. The van der Waals surface area contributed by atoms with Crippen molar-refractivity contribution in [1.82, 2.24) is 4.90 Å². The Hall–Kier alpha value is -2.04. The van der Waals surface area contributed by atoms with E-state index in [1.807, 2.05) is 13.0 Å². The van der Waals surface area contributed by atoms with Crippen molar-refractivity contribution in [2.45, 2.75) is 26.2 Å². The third kappa shape index (κ3) is 3.29. The second kappa shape index (κ2) is 5.94. The molecule has 0 spiro atoms. The molecule has 0 aliphatic carbocycles. The molecule has 0 radical (unpaired) electrons. The van der Waals surface area contributed by atoms with Gasteiger partial charge in [0.2, 0.25) is 0 Å². The number of aliphatic carboxylic acids is 1. The number of nitrogens with zero attached hydrogens (tertiary/aromatic N) is 1. The van der Waals surface area contributed by atoms with Crippen LogP contribution in [0.15, 0.2) is 18.2 Å². The van der Waals surface area contributed by atoms with Crippen molar-refractivity contribution in [2.24, 2.45) is 5.92 Å². The van der Waals surface area contributed by atoms with Gasteiger partial charge in [-0.25, -0.2) is 0 Å². The Morgan fingerprint density at radius 3 is 2.60 bits per heavy atom. The van der Waals surface area contributed by atoms with E-state index in [4.69, 9.17) is 10.8 Å². The molecule has 20 heavy (non-hydrogen) atoms. The number of rotatable bonds is 3. The monoisotopic (exact) mass is 276 g/mol. The van der Waals surface area contributed by atoms with E-state index in [2.05, 4.69) is 0 Å². The first kappa shape index (κ1) is 14.4. The minimum absolute atomic E-state index is 0.0556. The average Bonchev–Trinajstić information content (AvgIpc) is 2.41. The van der Waals surface area contributed by atoms with E-state index < -0.39 is 5.97 Å². The summed E-state index contributed by atoms with van der Waals surface area (Å²) in [7, 11) is 0. The Labute approximate surface area is 118 Å². The fourth-order valence-electron chi connectivity index (χ4n) is 2.61. The molecular formula is C15H20N2O3. The number of likely N-dealkylation sites (tertiary alicyclic amines) is 1. The summed E-state index contributed by atoms with van der Waals surface area (Å²) in [6.45, 7) is 3.13. The van der Waals surface area contributed by atoms with Gasteiger partial charge in [0, 0.05) is 25.2 Å². The van der Waals surface area contributed by atoms with Crippen molar-refractivity contribution in [2.75, 3.05) is 18.8 Å². The van der Waals surface area contributed by atoms with Gasteiger partial charge >= 0.3 is 5.97 Å². The highest BCUT2D eigenvalue weighted by Gasteiger charge is 2.25. The van der Waals surface area contributed by atoms with Crippen LogP contribution >= 0.6 is 0 Å². The minimum atomic E-state index is -0.766. The lowest BCUT2D eigenvalue weighted by molar-refractivity contribution is -0.138. The molecule has 1 saturated heterocycles. The number of amides is 1. The van der Waals surface area contributed by atoms with Crippen LogP contribution in [0.4, 0.5) is 5.69 Å². The molecule has 1 aliphatic heterocycles. The fraction of sp³-hybridized carbons (Fsp3) is 0.467.